The Balaban J connectivity index is 2.84. The van der Waals surface area contributed by atoms with Crippen molar-refractivity contribution >= 4 is 34.9 Å². The van der Waals surface area contributed by atoms with Gasteiger partial charge in [-0.1, -0.05) is 0 Å². The van der Waals surface area contributed by atoms with Gasteiger partial charge in [-0.3, -0.25) is 4.79 Å². The molecular weight excluding hydrogens is 192 g/mol. The van der Waals surface area contributed by atoms with Crippen LogP contribution in [-0.2, 0) is 9.59 Å². The molecule has 5 nitrogen and oxygen atoms in total. The van der Waals surface area contributed by atoms with E-state index in [0.717, 1.165) is 0 Å². The van der Waals surface area contributed by atoms with Crippen LogP contribution in [0.3, 0.4) is 0 Å². The van der Waals surface area contributed by atoms with Crippen LogP contribution in [0.2, 0.25) is 0 Å². The van der Waals surface area contributed by atoms with Crippen molar-refractivity contribution in [2.75, 3.05) is 0 Å². The molecule has 1 aliphatic rings. The molecule has 0 saturated carbocycles. The molecular formula is C7H7N2O3S-. The Morgan fingerprint density at radius 3 is 2.85 bits per heavy atom. The summed E-state index contributed by atoms with van der Waals surface area (Å²) in [5.41, 5.74) is 0.415. The molecule has 13 heavy (non-hydrogen) atoms. The number of aliphatic carboxylic acids is 1. The predicted molar refractivity (Wildman–Crippen MR) is 47.0 cm³/mol. The van der Waals surface area contributed by atoms with Crippen LogP contribution < -0.4 is 10.4 Å². The molecule has 0 fully saturated rings. The van der Waals surface area contributed by atoms with Crippen molar-refractivity contribution in [2.24, 2.45) is 10.9 Å². The van der Waals surface area contributed by atoms with Gasteiger partial charge in [0.15, 0.2) is 5.11 Å². The first-order chi connectivity index (χ1) is 6.00. The molecule has 0 aromatic rings. The number of nitrogens with one attached hydrogen (secondary N) is 1. The average Bonchev–Trinajstić information content (AvgIpc) is 1.96. The molecule has 0 spiro atoms. The Morgan fingerprint density at radius 2 is 2.38 bits per heavy atom. The fourth-order valence-electron chi connectivity index (χ4n) is 1.06. The van der Waals surface area contributed by atoms with Gasteiger partial charge in [0.1, 0.15) is 0 Å². The topological polar surface area (TPSA) is 81.6 Å². The molecule has 0 aromatic heterocycles. The van der Waals surface area contributed by atoms with Gasteiger partial charge in [0.25, 0.3) is 0 Å². The van der Waals surface area contributed by atoms with Crippen LogP contribution in [-0.4, -0.2) is 22.7 Å². The monoisotopic (exact) mass is 199 g/mol. The maximum Gasteiger partial charge on any atom is 0.235 e. The van der Waals surface area contributed by atoms with E-state index in [1.807, 2.05) is 0 Å². The van der Waals surface area contributed by atoms with Gasteiger partial charge in [0, 0.05) is 18.1 Å². The summed E-state index contributed by atoms with van der Waals surface area (Å²) in [6.07, 6.45) is -0.357. The number of carboxylic acids is 1. The summed E-state index contributed by atoms with van der Waals surface area (Å²) in [4.78, 5) is 25.2. The lowest BCUT2D eigenvalue weighted by Crippen LogP contribution is -2.44. The van der Waals surface area contributed by atoms with E-state index in [2.05, 4.69) is 22.5 Å². The summed E-state index contributed by atoms with van der Waals surface area (Å²) in [6, 6.07) is 0. The highest BCUT2D eigenvalue weighted by Gasteiger charge is 2.26. The zero-order chi connectivity index (χ0) is 10.0. The first kappa shape index (κ1) is 9.79. The number of hydrogen-bond donors (Lipinski definition) is 1. The Hall–Kier alpha value is -1.30. The lowest BCUT2D eigenvalue weighted by Gasteiger charge is -2.20. The zero-order valence-electron chi connectivity index (χ0n) is 6.86. The molecule has 0 bridgehead atoms. The third-order valence-electron chi connectivity index (χ3n) is 1.70. The molecule has 0 saturated heterocycles. The maximum absolute atomic E-state index is 11.2. The van der Waals surface area contributed by atoms with Crippen molar-refractivity contribution in [3.05, 3.63) is 0 Å². The number of amides is 1. The fraction of sp³-hybridized carbons (Fsp3) is 0.429. The van der Waals surface area contributed by atoms with Crippen LogP contribution in [0, 0.1) is 5.92 Å². The average molecular weight is 199 g/mol. The van der Waals surface area contributed by atoms with Crippen LogP contribution in [0.15, 0.2) is 4.99 Å². The molecule has 0 unspecified atom stereocenters. The van der Waals surface area contributed by atoms with E-state index in [1.165, 1.54) is 0 Å². The van der Waals surface area contributed by atoms with Crippen molar-refractivity contribution in [1.29, 1.82) is 0 Å². The van der Waals surface area contributed by atoms with Gasteiger partial charge in [-0.05, 0) is 19.1 Å². The second kappa shape index (κ2) is 3.61. The molecule has 1 aliphatic heterocycles. The molecule has 0 aliphatic carbocycles. The van der Waals surface area contributed by atoms with E-state index in [4.69, 9.17) is 0 Å². The van der Waals surface area contributed by atoms with Crippen LogP contribution in [0.25, 0.3) is 0 Å². The van der Waals surface area contributed by atoms with Crippen LogP contribution >= 0.6 is 12.2 Å². The molecule has 70 valence electrons. The standard InChI is InChI=1S/C7H8N2O3S/c1-3-4(2-5(10)11)6(12)9-7(13)8-3/h4H,2H2,1H3,(H,10,11)(H,9,12,13)/p-1/t4-/m0/s1. The first-order valence-electron chi connectivity index (χ1n) is 3.60. The fourth-order valence-corrected chi connectivity index (χ4v) is 1.30. The molecule has 1 amide bonds. The van der Waals surface area contributed by atoms with E-state index in [0.29, 0.717) is 5.71 Å². The third kappa shape index (κ3) is 2.32. The zero-order valence-corrected chi connectivity index (χ0v) is 7.68. The summed E-state index contributed by atoms with van der Waals surface area (Å²) < 4.78 is 0. The van der Waals surface area contributed by atoms with Gasteiger partial charge in [-0.25, -0.2) is 4.99 Å². The Morgan fingerprint density at radius 1 is 1.77 bits per heavy atom. The predicted octanol–water partition coefficient (Wildman–Crippen LogP) is -1.38. The van der Waals surface area contributed by atoms with Gasteiger partial charge in [0.2, 0.25) is 5.91 Å². The number of rotatable bonds is 2. The lowest BCUT2D eigenvalue weighted by atomic mass is 9.98. The Kier molecular flexibility index (Phi) is 2.72. The minimum Gasteiger partial charge on any atom is -0.550 e. The van der Waals surface area contributed by atoms with E-state index in [1.54, 1.807) is 6.92 Å². The van der Waals surface area contributed by atoms with Crippen molar-refractivity contribution in [2.45, 2.75) is 13.3 Å². The number of carbonyl (C=O) groups excluding carboxylic acids is 2. The lowest BCUT2D eigenvalue weighted by molar-refractivity contribution is -0.306. The van der Waals surface area contributed by atoms with Gasteiger partial charge in [0.05, 0.1) is 5.92 Å². The highest BCUT2D eigenvalue weighted by molar-refractivity contribution is 7.80. The second-order valence-corrected chi connectivity index (χ2v) is 3.06. The van der Waals surface area contributed by atoms with Gasteiger partial charge >= 0.3 is 0 Å². The Bertz CT molecular complexity index is 311. The van der Waals surface area contributed by atoms with Crippen LogP contribution in [0.4, 0.5) is 0 Å². The Labute approximate surface area is 79.8 Å². The van der Waals surface area contributed by atoms with Gasteiger partial charge in [-0.15, -0.1) is 0 Å². The smallest absolute Gasteiger partial charge is 0.235 e. The number of hydrogen-bond acceptors (Lipinski definition) is 4. The molecule has 6 heteroatoms. The first-order valence-corrected chi connectivity index (χ1v) is 4.01. The van der Waals surface area contributed by atoms with Gasteiger partial charge < -0.3 is 15.2 Å². The van der Waals surface area contributed by atoms with Crippen LogP contribution in [0.1, 0.15) is 13.3 Å². The molecule has 1 rings (SSSR count). The summed E-state index contributed by atoms with van der Waals surface area (Å²) in [5, 5.41) is 12.6. The van der Waals surface area contributed by atoms with Crippen LogP contribution in [0.5, 0.6) is 0 Å². The van der Waals surface area contributed by atoms with E-state index < -0.39 is 17.8 Å². The third-order valence-corrected chi connectivity index (χ3v) is 1.89. The largest absolute Gasteiger partial charge is 0.550 e. The number of thiocarbonyl (C=S) groups is 1. The number of nitrogens with zero attached hydrogens (tertiary/aromatic N) is 1. The minimum absolute atomic E-state index is 0.0806. The highest BCUT2D eigenvalue weighted by Crippen LogP contribution is 2.10. The number of carbonyl (C=O) groups is 2. The quantitative estimate of drug-likeness (QED) is 0.555. The van der Waals surface area contributed by atoms with Crippen molar-refractivity contribution in [1.82, 2.24) is 5.32 Å². The molecule has 1 heterocycles. The van der Waals surface area contributed by atoms with Gasteiger partial charge in [-0.2, -0.15) is 0 Å². The summed E-state index contributed by atoms with van der Waals surface area (Å²) in [7, 11) is 0. The normalized spacial score (nSPS) is 22.2. The second-order valence-electron chi connectivity index (χ2n) is 2.68. The highest BCUT2D eigenvalue weighted by atomic mass is 32.1. The van der Waals surface area contributed by atoms with E-state index >= 15 is 0 Å². The molecule has 0 aromatic carbocycles. The summed E-state index contributed by atoms with van der Waals surface area (Å²) in [5.74, 6) is -2.46. The van der Waals surface area contributed by atoms with Crippen molar-refractivity contribution in [3.8, 4) is 0 Å². The number of carboxylic acid groups (broad SMARTS) is 1. The SMILES string of the molecule is CC1=NC(=S)NC(=O)[C@H]1CC(=O)[O-]. The van der Waals surface area contributed by atoms with Crippen molar-refractivity contribution in [3.63, 3.8) is 0 Å². The molecule has 1 N–H and O–H groups in total. The van der Waals surface area contributed by atoms with E-state index in [9.17, 15) is 14.7 Å². The number of aliphatic imine (C=N–C) groups is 1. The summed E-state index contributed by atoms with van der Waals surface area (Å²) in [6.45, 7) is 1.57. The van der Waals surface area contributed by atoms with Crippen molar-refractivity contribution < 1.29 is 14.7 Å². The molecule has 1 atom stereocenters. The van der Waals surface area contributed by atoms with E-state index in [-0.39, 0.29) is 11.5 Å². The minimum atomic E-state index is -1.28. The maximum atomic E-state index is 11.2. The summed E-state index contributed by atoms with van der Waals surface area (Å²) >= 11 is 4.64. The molecule has 0 radical (unpaired) electrons.